The summed E-state index contributed by atoms with van der Waals surface area (Å²) < 4.78 is 35.3. The molecule has 0 aliphatic heterocycles. The third kappa shape index (κ3) is 5.49. The van der Waals surface area contributed by atoms with Crippen LogP contribution in [-0.4, -0.2) is 38.2 Å². The van der Waals surface area contributed by atoms with E-state index in [1.54, 1.807) is 52.9 Å². The largest absolute Gasteiger partial charge is 0.497 e. The fourth-order valence-electron chi connectivity index (χ4n) is 5.12. The van der Waals surface area contributed by atoms with Gasteiger partial charge in [0.05, 0.1) is 45.6 Å². The number of carbonyl (C=O) groups is 1. The molecule has 1 aliphatic rings. The van der Waals surface area contributed by atoms with E-state index in [1.807, 2.05) is 0 Å². The zero-order valence-electron chi connectivity index (χ0n) is 20.9. The number of imidazole rings is 1. The van der Waals surface area contributed by atoms with Crippen molar-refractivity contribution in [3.8, 4) is 11.4 Å². The second-order valence-corrected chi connectivity index (χ2v) is 10.3. The van der Waals surface area contributed by atoms with Crippen LogP contribution in [0.15, 0.2) is 53.7 Å². The van der Waals surface area contributed by atoms with Crippen molar-refractivity contribution < 1.29 is 18.3 Å². The summed E-state index contributed by atoms with van der Waals surface area (Å²) in [5, 5.41) is 3.37. The van der Waals surface area contributed by atoms with E-state index in [-0.39, 0.29) is 28.2 Å². The lowest BCUT2D eigenvalue weighted by atomic mass is 9.85. The van der Waals surface area contributed by atoms with Gasteiger partial charge in [0.1, 0.15) is 11.4 Å². The molecule has 0 saturated heterocycles. The lowest BCUT2D eigenvalue weighted by Crippen LogP contribution is -2.39. The monoisotopic (exact) mass is 575 g/mol. The van der Waals surface area contributed by atoms with E-state index in [1.165, 1.54) is 6.07 Å². The number of pyridine rings is 2. The van der Waals surface area contributed by atoms with Crippen LogP contribution in [0.3, 0.4) is 0 Å². The SMILES string of the molecule is COc1ccc(Cl)c(-n2c(=O)n(CC3CCC(NC(=O)c4cc(Cl)cnc4C(F)F)CC3)c3ccncc32)c1. The molecule has 1 N–H and O–H groups in total. The maximum absolute atomic E-state index is 13.7. The molecule has 0 unspecified atom stereocenters. The number of fused-ring (bicyclic) bond motifs is 1. The second-order valence-electron chi connectivity index (χ2n) is 9.49. The van der Waals surface area contributed by atoms with Gasteiger partial charge in [-0.25, -0.2) is 13.6 Å². The number of nitrogens with one attached hydrogen (secondary N) is 1. The number of alkyl halides is 2. The minimum absolute atomic E-state index is 0.114. The average Bonchev–Trinajstić information content (AvgIpc) is 3.20. The summed E-state index contributed by atoms with van der Waals surface area (Å²) in [5.41, 5.74) is 0.816. The van der Waals surface area contributed by atoms with Gasteiger partial charge in [0.15, 0.2) is 0 Å². The molecule has 3 aromatic heterocycles. The first kappa shape index (κ1) is 27.1. The third-order valence-corrected chi connectivity index (χ3v) is 7.61. The van der Waals surface area contributed by atoms with Gasteiger partial charge in [-0.15, -0.1) is 0 Å². The molecule has 0 spiro atoms. The average molecular weight is 576 g/mol. The number of hydrogen-bond donors (Lipinski definition) is 1. The first-order valence-corrected chi connectivity index (χ1v) is 13.2. The first-order valence-electron chi connectivity index (χ1n) is 12.4. The molecule has 4 aromatic rings. The second kappa shape index (κ2) is 11.3. The molecular weight excluding hydrogens is 551 g/mol. The number of nitrogens with zero attached hydrogens (tertiary/aromatic N) is 4. The number of hydrogen-bond acceptors (Lipinski definition) is 5. The normalized spacial score (nSPS) is 17.5. The minimum Gasteiger partial charge on any atom is -0.497 e. The summed E-state index contributed by atoms with van der Waals surface area (Å²) in [4.78, 5) is 34.2. The quantitative estimate of drug-likeness (QED) is 0.299. The smallest absolute Gasteiger partial charge is 0.333 e. The molecule has 39 heavy (non-hydrogen) atoms. The van der Waals surface area contributed by atoms with Gasteiger partial charge in [-0.05, 0) is 55.9 Å². The number of methoxy groups -OCH3 is 1. The van der Waals surface area contributed by atoms with Crippen LogP contribution in [0.2, 0.25) is 10.0 Å². The molecule has 8 nitrogen and oxygen atoms in total. The molecule has 3 heterocycles. The van der Waals surface area contributed by atoms with Crippen molar-refractivity contribution in [1.82, 2.24) is 24.4 Å². The zero-order valence-corrected chi connectivity index (χ0v) is 22.4. The Hall–Kier alpha value is -3.50. The maximum Gasteiger partial charge on any atom is 0.333 e. The molecule has 1 saturated carbocycles. The summed E-state index contributed by atoms with van der Waals surface area (Å²) in [6.45, 7) is 0.475. The lowest BCUT2D eigenvalue weighted by Gasteiger charge is -2.29. The number of halogens is 4. The van der Waals surface area contributed by atoms with Crippen LogP contribution in [0.1, 0.15) is 48.2 Å². The van der Waals surface area contributed by atoms with Crippen LogP contribution < -0.4 is 15.7 Å². The Balaban J connectivity index is 1.33. The molecule has 0 atom stereocenters. The molecule has 5 rings (SSSR count). The van der Waals surface area contributed by atoms with Gasteiger partial charge in [-0.3, -0.25) is 23.9 Å². The van der Waals surface area contributed by atoms with Crippen molar-refractivity contribution in [2.75, 3.05) is 7.11 Å². The Labute approximate surface area is 232 Å². The Morgan fingerprint density at radius 2 is 1.90 bits per heavy atom. The van der Waals surface area contributed by atoms with Gasteiger partial charge in [0, 0.05) is 31.0 Å². The van der Waals surface area contributed by atoms with E-state index < -0.39 is 18.0 Å². The molecule has 1 amide bonds. The number of amides is 1. The standard InChI is InChI=1S/C27H25Cl2F2N5O3/c1-39-18-6-7-20(29)22(11-18)36-23-13-32-9-8-21(23)35(27(36)38)14-15-2-4-17(5-3-15)34-26(37)19-10-16(28)12-33-24(19)25(30)31/h6-13,15,17,25H,2-5,14H2,1H3,(H,34,37). The lowest BCUT2D eigenvalue weighted by molar-refractivity contribution is 0.0904. The summed E-state index contributed by atoms with van der Waals surface area (Å²) in [6.07, 6.45) is 4.25. The topological polar surface area (TPSA) is 91.0 Å². The predicted molar refractivity (Wildman–Crippen MR) is 144 cm³/mol. The number of ether oxygens (including phenoxy) is 1. The van der Waals surface area contributed by atoms with E-state index in [2.05, 4.69) is 15.3 Å². The van der Waals surface area contributed by atoms with Crippen molar-refractivity contribution in [2.24, 2.45) is 5.92 Å². The molecule has 1 aromatic carbocycles. The highest BCUT2D eigenvalue weighted by atomic mass is 35.5. The Bertz CT molecular complexity index is 1580. The predicted octanol–water partition coefficient (Wildman–Crippen LogP) is 5.82. The van der Waals surface area contributed by atoms with E-state index in [0.717, 1.165) is 24.6 Å². The van der Waals surface area contributed by atoms with Crippen molar-refractivity contribution in [2.45, 2.75) is 44.7 Å². The number of rotatable bonds is 7. The maximum atomic E-state index is 13.7. The van der Waals surface area contributed by atoms with Crippen molar-refractivity contribution in [1.29, 1.82) is 0 Å². The molecule has 12 heteroatoms. The first-order chi connectivity index (χ1) is 18.8. The summed E-state index contributed by atoms with van der Waals surface area (Å²) >= 11 is 12.4. The number of carbonyl (C=O) groups excluding carboxylic acids is 1. The van der Waals surface area contributed by atoms with Crippen LogP contribution in [0, 0.1) is 5.92 Å². The van der Waals surface area contributed by atoms with Gasteiger partial charge in [-0.1, -0.05) is 23.2 Å². The summed E-state index contributed by atoms with van der Waals surface area (Å²) in [7, 11) is 1.54. The van der Waals surface area contributed by atoms with Crippen LogP contribution in [0.5, 0.6) is 5.75 Å². The van der Waals surface area contributed by atoms with E-state index in [0.29, 0.717) is 41.4 Å². The highest BCUT2D eigenvalue weighted by Gasteiger charge is 2.27. The van der Waals surface area contributed by atoms with E-state index in [4.69, 9.17) is 27.9 Å². The van der Waals surface area contributed by atoms with Crippen molar-refractivity contribution in [3.05, 3.63) is 80.7 Å². The van der Waals surface area contributed by atoms with Gasteiger partial charge in [0.2, 0.25) is 0 Å². The van der Waals surface area contributed by atoms with Gasteiger partial charge >= 0.3 is 5.69 Å². The Morgan fingerprint density at radius 3 is 2.62 bits per heavy atom. The molecule has 0 bridgehead atoms. The highest BCUT2D eigenvalue weighted by Crippen LogP contribution is 2.30. The van der Waals surface area contributed by atoms with Gasteiger partial charge in [-0.2, -0.15) is 0 Å². The van der Waals surface area contributed by atoms with Crippen LogP contribution in [-0.2, 0) is 6.54 Å². The van der Waals surface area contributed by atoms with Crippen molar-refractivity contribution in [3.63, 3.8) is 0 Å². The van der Waals surface area contributed by atoms with Gasteiger partial charge in [0.25, 0.3) is 12.3 Å². The molecule has 204 valence electrons. The number of benzene rings is 1. The Morgan fingerprint density at radius 1 is 1.13 bits per heavy atom. The molecule has 0 radical (unpaired) electrons. The fourth-order valence-corrected chi connectivity index (χ4v) is 5.48. The summed E-state index contributed by atoms with van der Waals surface area (Å²) in [5.74, 6) is 0.125. The summed E-state index contributed by atoms with van der Waals surface area (Å²) in [6, 6.07) is 7.94. The fraction of sp³-hybridized carbons (Fsp3) is 0.333. The van der Waals surface area contributed by atoms with Crippen LogP contribution in [0.25, 0.3) is 16.7 Å². The van der Waals surface area contributed by atoms with E-state index >= 15 is 0 Å². The molecule has 1 aliphatic carbocycles. The van der Waals surface area contributed by atoms with Crippen LogP contribution in [0.4, 0.5) is 8.78 Å². The molecular formula is C27H25Cl2F2N5O3. The van der Waals surface area contributed by atoms with Crippen molar-refractivity contribution >= 4 is 40.1 Å². The third-order valence-electron chi connectivity index (χ3n) is 7.09. The number of aromatic nitrogens is 4. The van der Waals surface area contributed by atoms with E-state index in [9.17, 15) is 18.4 Å². The zero-order chi connectivity index (χ0) is 27.7. The van der Waals surface area contributed by atoms with Crippen LogP contribution >= 0.6 is 23.2 Å². The Kier molecular flexibility index (Phi) is 7.86. The van der Waals surface area contributed by atoms with Gasteiger partial charge < -0.3 is 10.1 Å². The molecule has 1 fully saturated rings. The highest BCUT2D eigenvalue weighted by molar-refractivity contribution is 6.32. The minimum atomic E-state index is -2.89.